The van der Waals surface area contributed by atoms with Gasteiger partial charge >= 0.3 is 0 Å². The average molecular weight is 247 g/mol. The van der Waals surface area contributed by atoms with Gasteiger partial charge in [-0.3, -0.25) is 0 Å². The highest BCUT2D eigenvalue weighted by atomic mass is 16.3. The highest BCUT2D eigenvalue weighted by Gasteiger charge is 2.24. The Bertz CT molecular complexity index is 389. The van der Waals surface area contributed by atoms with Gasteiger partial charge in [-0.2, -0.15) is 0 Å². The molecule has 18 heavy (non-hydrogen) atoms. The van der Waals surface area contributed by atoms with Crippen molar-refractivity contribution in [1.29, 1.82) is 0 Å². The summed E-state index contributed by atoms with van der Waals surface area (Å²) in [6, 6.07) is 6.85. The summed E-state index contributed by atoms with van der Waals surface area (Å²) < 4.78 is 0. The fraction of sp³-hybridized carbons (Fsp3) is 0.625. The molecule has 0 saturated heterocycles. The highest BCUT2D eigenvalue weighted by Crippen LogP contribution is 2.35. The number of aryl methyl sites for hydroxylation is 1. The van der Waals surface area contributed by atoms with Gasteiger partial charge in [0.25, 0.3) is 0 Å². The van der Waals surface area contributed by atoms with Crippen molar-refractivity contribution in [3.63, 3.8) is 0 Å². The van der Waals surface area contributed by atoms with Crippen molar-refractivity contribution in [2.45, 2.75) is 58.1 Å². The zero-order valence-corrected chi connectivity index (χ0v) is 11.6. The van der Waals surface area contributed by atoms with Crippen molar-refractivity contribution in [2.24, 2.45) is 0 Å². The van der Waals surface area contributed by atoms with E-state index in [4.69, 9.17) is 0 Å². The topological polar surface area (TPSA) is 32.3 Å². The van der Waals surface area contributed by atoms with Crippen LogP contribution in [-0.4, -0.2) is 11.7 Å². The minimum absolute atomic E-state index is 0.316. The van der Waals surface area contributed by atoms with Crippen molar-refractivity contribution in [2.75, 3.05) is 6.54 Å². The Morgan fingerprint density at radius 3 is 2.94 bits per heavy atom. The van der Waals surface area contributed by atoms with Crippen LogP contribution in [0.2, 0.25) is 0 Å². The summed E-state index contributed by atoms with van der Waals surface area (Å²) in [6.45, 7) is 5.30. The molecule has 100 valence electrons. The maximum Gasteiger partial charge on any atom is 0.0790 e. The molecule has 1 aliphatic rings. The predicted octanol–water partition coefficient (Wildman–Crippen LogP) is 3.51. The maximum atomic E-state index is 10.2. The SMILES string of the molecule is CCCNC1CCCc2cccc(C(O)CC)c21. The van der Waals surface area contributed by atoms with Gasteiger partial charge in [0.2, 0.25) is 0 Å². The van der Waals surface area contributed by atoms with Gasteiger partial charge in [-0.05, 0) is 55.3 Å². The van der Waals surface area contributed by atoms with Crippen LogP contribution in [0.3, 0.4) is 0 Å². The molecule has 0 bridgehead atoms. The smallest absolute Gasteiger partial charge is 0.0790 e. The molecule has 0 radical (unpaired) electrons. The number of benzene rings is 1. The molecule has 2 unspecified atom stereocenters. The third kappa shape index (κ3) is 2.76. The number of nitrogens with one attached hydrogen (secondary N) is 1. The second kappa shape index (κ2) is 6.35. The number of aliphatic hydroxyl groups is 1. The van der Waals surface area contributed by atoms with E-state index in [-0.39, 0.29) is 6.10 Å². The standard InChI is InChI=1S/C16H25NO/c1-3-11-17-14-10-6-8-12-7-5-9-13(16(12)14)15(18)4-2/h5,7,9,14-15,17-18H,3-4,6,8,10-11H2,1-2H3. The fourth-order valence-electron chi connectivity index (χ4n) is 2.95. The Hall–Kier alpha value is -0.860. The summed E-state index contributed by atoms with van der Waals surface area (Å²) in [4.78, 5) is 0. The Balaban J connectivity index is 2.33. The second-order valence-corrected chi connectivity index (χ2v) is 5.24. The first-order valence-electron chi connectivity index (χ1n) is 7.31. The van der Waals surface area contributed by atoms with E-state index in [1.54, 1.807) is 0 Å². The summed E-state index contributed by atoms with van der Waals surface area (Å²) >= 11 is 0. The number of hydrogen-bond donors (Lipinski definition) is 2. The molecule has 1 aliphatic carbocycles. The Kier molecular flexibility index (Phi) is 4.79. The van der Waals surface area contributed by atoms with Crippen LogP contribution in [-0.2, 0) is 6.42 Å². The van der Waals surface area contributed by atoms with E-state index in [1.807, 2.05) is 6.92 Å². The normalized spacial score (nSPS) is 20.5. The molecule has 0 amide bonds. The van der Waals surface area contributed by atoms with Crippen LogP contribution in [0.25, 0.3) is 0 Å². The molecular formula is C16H25NO. The second-order valence-electron chi connectivity index (χ2n) is 5.24. The van der Waals surface area contributed by atoms with Crippen LogP contribution in [0.1, 0.15) is 68.4 Å². The number of fused-ring (bicyclic) bond motifs is 1. The van der Waals surface area contributed by atoms with Gasteiger partial charge in [0, 0.05) is 6.04 Å². The number of rotatable bonds is 5. The molecule has 0 fully saturated rings. The molecule has 1 aromatic rings. The van der Waals surface area contributed by atoms with E-state index >= 15 is 0 Å². The van der Waals surface area contributed by atoms with Crippen LogP contribution in [0.15, 0.2) is 18.2 Å². The zero-order valence-electron chi connectivity index (χ0n) is 11.6. The summed E-state index contributed by atoms with van der Waals surface area (Å²) in [7, 11) is 0. The highest BCUT2D eigenvalue weighted by molar-refractivity contribution is 5.40. The van der Waals surface area contributed by atoms with Gasteiger partial charge in [-0.25, -0.2) is 0 Å². The Labute approximate surface area is 110 Å². The van der Waals surface area contributed by atoms with Crippen molar-refractivity contribution in [3.05, 3.63) is 34.9 Å². The van der Waals surface area contributed by atoms with Crippen molar-refractivity contribution >= 4 is 0 Å². The first-order chi connectivity index (χ1) is 8.77. The van der Waals surface area contributed by atoms with Crippen LogP contribution in [0, 0.1) is 0 Å². The molecule has 2 rings (SSSR count). The van der Waals surface area contributed by atoms with E-state index in [2.05, 4.69) is 30.4 Å². The van der Waals surface area contributed by atoms with Crippen molar-refractivity contribution in [3.8, 4) is 0 Å². The van der Waals surface area contributed by atoms with Crippen molar-refractivity contribution in [1.82, 2.24) is 5.32 Å². The first kappa shape index (κ1) is 13.6. The quantitative estimate of drug-likeness (QED) is 0.834. The Morgan fingerprint density at radius 1 is 1.39 bits per heavy atom. The van der Waals surface area contributed by atoms with Gasteiger partial charge in [0.1, 0.15) is 0 Å². The zero-order chi connectivity index (χ0) is 13.0. The molecule has 0 aromatic heterocycles. The lowest BCUT2D eigenvalue weighted by molar-refractivity contribution is 0.171. The summed E-state index contributed by atoms with van der Waals surface area (Å²) in [6.07, 6.45) is 5.23. The van der Waals surface area contributed by atoms with Crippen LogP contribution < -0.4 is 5.32 Å². The lowest BCUT2D eigenvalue weighted by Gasteiger charge is -2.30. The van der Waals surface area contributed by atoms with E-state index in [0.29, 0.717) is 6.04 Å². The fourth-order valence-corrected chi connectivity index (χ4v) is 2.95. The van der Waals surface area contributed by atoms with E-state index < -0.39 is 0 Å². The lowest BCUT2D eigenvalue weighted by Crippen LogP contribution is -2.27. The predicted molar refractivity (Wildman–Crippen MR) is 75.7 cm³/mol. The van der Waals surface area contributed by atoms with Crippen molar-refractivity contribution < 1.29 is 5.11 Å². The summed E-state index contributed by atoms with van der Waals surface area (Å²) in [5, 5.41) is 13.8. The monoisotopic (exact) mass is 247 g/mol. The number of hydrogen-bond acceptors (Lipinski definition) is 2. The van der Waals surface area contributed by atoms with Crippen LogP contribution in [0.5, 0.6) is 0 Å². The van der Waals surface area contributed by atoms with E-state index in [0.717, 1.165) is 31.4 Å². The van der Waals surface area contributed by atoms with Gasteiger partial charge in [0.15, 0.2) is 0 Å². The van der Waals surface area contributed by atoms with Gasteiger partial charge in [0.05, 0.1) is 6.10 Å². The minimum atomic E-state index is -0.316. The molecule has 2 N–H and O–H groups in total. The molecule has 1 aromatic carbocycles. The molecule has 0 aliphatic heterocycles. The van der Waals surface area contributed by atoms with E-state index in [1.165, 1.54) is 24.0 Å². The van der Waals surface area contributed by atoms with Gasteiger partial charge in [-0.15, -0.1) is 0 Å². The maximum absolute atomic E-state index is 10.2. The molecular weight excluding hydrogens is 222 g/mol. The van der Waals surface area contributed by atoms with E-state index in [9.17, 15) is 5.11 Å². The van der Waals surface area contributed by atoms with Gasteiger partial charge < -0.3 is 10.4 Å². The average Bonchev–Trinajstić information content (AvgIpc) is 2.43. The Morgan fingerprint density at radius 2 is 2.22 bits per heavy atom. The summed E-state index contributed by atoms with van der Waals surface area (Å²) in [5.74, 6) is 0. The summed E-state index contributed by atoms with van der Waals surface area (Å²) in [5.41, 5.74) is 3.95. The molecule has 2 heteroatoms. The minimum Gasteiger partial charge on any atom is -0.388 e. The lowest BCUT2D eigenvalue weighted by atomic mass is 9.82. The molecule has 0 heterocycles. The molecule has 2 nitrogen and oxygen atoms in total. The largest absolute Gasteiger partial charge is 0.388 e. The van der Waals surface area contributed by atoms with Gasteiger partial charge in [-0.1, -0.05) is 32.0 Å². The van der Waals surface area contributed by atoms with Crippen LogP contribution >= 0.6 is 0 Å². The third-order valence-electron chi connectivity index (χ3n) is 3.90. The van der Waals surface area contributed by atoms with Crippen LogP contribution in [0.4, 0.5) is 0 Å². The molecule has 0 spiro atoms. The molecule has 2 atom stereocenters. The molecule has 0 saturated carbocycles. The third-order valence-corrected chi connectivity index (χ3v) is 3.90. The first-order valence-corrected chi connectivity index (χ1v) is 7.31. The number of aliphatic hydroxyl groups excluding tert-OH is 1.